The summed E-state index contributed by atoms with van der Waals surface area (Å²) < 4.78 is 28.2. The van der Waals surface area contributed by atoms with E-state index in [9.17, 15) is 18.3 Å². The monoisotopic (exact) mass is 522 g/mol. The van der Waals surface area contributed by atoms with Crippen molar-refractivity contribution in [2.45, 2.75) is 89.3 Å². The number of amides is 1. The molecule has 0 spiro atoms. The molecule has 204 valence electrons. The minimum absolute atomic E-state index is 0.00717. The Kier molecular flexibility index (Phi) is 9.46. The number of benzene rings is 1. The van der Waals surface area contributed by atoms with Gasteiger partial charge in [0.1, 0.15) is 0 Å². The highest BCUT2D eigenvalue weighted by Gasteiger charge is 2.41. The first-order valence-electron chi connectivity index (χ1n) is 13.4. The highest BCUT2D eigenvalue weighted by atomic mass is 32.2. The quantitative estimate of drug-likeness (QED) is 0.429. The average Bonchev–Trinajstić information content (AvgIpc) is 2.77. The maximum Gasteiger partial charge on any atom is 0.243 e. The number of aliphatic hydroxyl groups is 1. The van der Waals surface area contributed by atoms with Crippen LogP contribution in [0.3, 0.4) is 0 Å². The summed E-state index contributed by atoms with van der Waals surface area (Å²) in [5.74, 6) is 1.14. The first-order chi connectivity index (χ1) is 16.8. The molecule has 0 unspecified atom stereocenters. The van der Waals surface area contributed by atoms with Gasteiger partial charge in [0.25, 0.3) is 0 Å². The van der Waals surface area contributed by atoms with Crippen LogP contribution in [0.25, 0.3) is 0 Å². The number of carbonyl (C=O) groups excluding carboxylic acids is 1. The number of hydrogen-bond donors (Lipinski definition) is 3. The van der Waals surface area contributed by atoms with Gasteiger partial charge in [0.2, 0.25) is 15.9 Å². The zero-order valence-electron chi connectivity index (χ0n) is 22.6. The summed E-state index contributed by atoms with van der Waals surface area (Å²) in [5.41, 5.74) is 5.90. The number of aliphatic hydroxyl groups excluding tert-OH is 1. The number of anilines is 1. The largest absolute Gasteiger partial charge is 0.399 e. The summed E-state index contributed by atoms with van der Waals surface area (Å²) in [7, 11) is -3.80. The molecule has 4 N–H and O–H groups in total. The van der Waals surface area contributed by atoms with Gasteiger partial charge in [-0.2, -0.15) is 4.31 Å². The van der Waals surface area contributed by atoms with Crippen LogP contribution in [-0.4, -0.2) is 72.5 Å². The van der Waals surface area contributed by atoms with Crippen LogP contribution < -0.4 is 11.1 Å². The van der Waals surface area contributed by atoms with E-state index in [1.807, 2.05) is 34.6 Å². The van der Waals surface area contributed by atoms with E-state index in [1.165, 1.54) is 29.3 Å². The van der Waals surface area contributed by atoms with Gasteiger partial charge in [-0.05, 0) is 75.6 Å². The zero-order valence-corrected chi connectivity index (χ0v) is 23.4. The van der Waals surface area contributed by atoms with E-state index < -0.39 is 16.1 Å². The summed E-state index contributed by atoms with van der Waals surface area (Å²) in [5, 5.41) is 14.3. The van der Waals surface area contributed by atoms with E-state index in [4.69, 9.17) is 5.73 Å². The minimum Gasteiger partial charge on any atom is -0.399 e. The summed E-state index contributed by atoms with van der Waals surface area (Å²) >= 11 is 0. The van der Waals surface area contributed by atoms with Crippen LogP contribution in [0, 0.1) is 17.8 Å². The van der Waals surface area contributed by atoms with Crippen molar-refractivity contribution in [1.29, 1.82) is 0 Å². The molecule has 1 heterocycles. The molecule has 1 saturated heterocycles. The molecule has 1 aromatic carbocycles. The van der Waals surface area contributed by atoms with E-state index in [2.05, 4.69) is 10.2 Å². The lowest BCUT2D eigenvalue weighted by atomic mass is 9.72. The summed E-state index contributed by atoms with van der Waals surface area (Å²) in [4.78, 5) is 15.5. The predicted octanol–water partition coefficient (Wildman–Crippen LogP) is 3.07. The smallest absolute Gasteiger partial charge is 0.243 e. The molecule has 36 heavy (non-hydrogen) atoms. The number of β-amino-alcohol motifs (C(OH)–C–C–N with tert-alkyl or cyclic N) is 1. The van der Waals surface area contributed by atoms with Crippen LogP contribution in [-0.2, 0) is 14.8 Å². The van der Waals surface area contributed by atoms with Crippen LogP contribution >= 0.6 is 0 Å². The van der Waals surface area contributed by atoms with Crippen molar-refractivity contribution in [2.24, 2.45) is 17.8 Å². The van der Waals surface area contributed by atoms with Gasteiger partial charge >= 0.3 is 0 Å². The number of nitrogens with zero attached hydrogens (tertiary/aromatic N) is 2. The lowest BCUT2D eigenvalue weighted by Crippen LogP contribution is -2.59. The minimum atomic E-state index is -3.80. The molecular formula is C27H46N4O4S. The van der Waals surface area contributed by atoms with Crippen molar-refractivity contribution >= 4 is 21.6 Å². The zero-order chi connectivity index (χ0) is 26.7. The van der Waals surface area contributed by atoms with Crippen molar-refractivity contribution in [1.82, 2.24) is 14.5 Å². The number of nitrogen functional groups attached to an aromatic ring is 1. The topological polar surface area (TPSA) is 116 Å². The number of nitrogens with one attached hydrogen (secondary N) is 1. The fraction of sp³-hybridized carbons (Fsp3) is 0.741. The number of nitrogens with two attached hydrogens (primary N) is 1. The Morgan fingerprint density at radius 1 is 1.14 bits per heavy atom. The van der Waals surface area contributed by atoms with E-state index in [1.54, 1.807) is 12.1 Å². The average molecular weight is 523 g/mol. The third-order valence-electron chi connectivity index (χ3n) is 7.25. The Bertz CT molecular complexity index is 974. The third-order valence-corrected chi connectivity index (χ3v) is 9.10. The van der Waals surface area contributed by atoms with E-state index in [0.717, 1.165) is 25.8 Å². The first-order valence-corrected chi connectivity index (χ1v) is 14.8. The Labute approximate surface area is 217 Å². The van der Waals surface area contributed by atoms with Crippen LogP contribution in [0.5, 0.6) is 0 Å². The van der Waals surface area contributed by atoms with Gasteiger partial charge in [0.15, 0.2) is 0 Å². The predicted molar refractivity (Wildman–Crippen MR) is 144 cm³/mol. The van der Waals surface area contributed by atoms with Crippen LogP contribution in [0.15, 0.2) is 29.2 Å². The number of fused-ring (bicyclic) bond motifs is 1. The lowest BCUT2D eigenvalue weighted by Gasteiger charge is -2.46. The van der Waals surface area contributed by atoms with Gasteiger partial charge < -0.3 is 16.2 Å². The number of sulfonamides is 1. The van der Waals surface area contributed by atoms with Gasteiger partial charge in [-0.25, -0.2) is 8.42 Å². The molecular weight excluding hydrogens is 476 g/mol. The second-order valence-corrected chi connectivity index (χ2v) is 14.1. The Balaban J connectivity index is 1.77. The SMILES string of the molecule is CC(C)CN(C[C@H](O)CN1C[C@H]2CCCC[C@H]2C[C@H]1C(=O)NC(C)(C)C)S(=O)(=O)c1ccc(N)cc1. The molecule has 8 nitrogen and oxygen atoms in total. The Morgan fingerprint density at radius 3 is 2.33 bits per heavy atom. The van der Waals surface area contributed by atoms with Crippen LogP contribution in [0.1, 0.15) is 66.7 Å². The van der Waals surface area contributed by atoms with Crippen LogP contribution in [0.4, 0.5) is 5.69 Å². The summed E-state index contributed by atoms with van der Waals surface area (Å²) in [6, 6.07) is 5.84. The van der Waals surface area contributed by atoms with E-state index in [0.29, 0.717) is 24.1 Å². The van der Waals surface area contributed by atoms with Gasteiger partial charge in [0.05, 0.1) is 17.0 Å². The molecule has 1 aliphatic heterocycles. The number of piperidine rings is 1. The normalized spacial score (nSPS) is 24.5. The maximum absolute atomic E-state index is 13.4. The Morgan fingerprint density at radius 2 is 1.75 bits per heavy atom. The molecule has 0 bridgehead atoms. The molecule has 1 amide bonds. The summed E-state index contributed by atoms with van der Waals surface area (Å²) in [6.45, 7) is 11.1. The van der Waals surface area contributed by atoms with E-state index in [-0.39, 0.29) is 41.4 Å². The molecule has 2 aliphatic rings. The molecule has 2 fully saturated rings. The standard InChI is InChI=1S/C27H46N4O4S/c1-19(2)15-31(36(34,35)24-12-10-22(28)11-13-24)18-23(32)17-30-16-21-9-7-6-8-20(21)14-25(30)26(33)29-27(3,4)5/h10-13,19-21,23,25,32H,6-9,14-18,28H2,1-5H3,(H,29,33)/t20-,21+,23+,25-/m0/s1. The molecule has 3 rings (SSSR count). The third kappa shape index (κ3) is 7.66. The highest BCUT2D eigenvalue weighted by Crippen LogP contribution is 2.38. The maximum atomic E-state index is 13.4. The fourth-order valence-electron chi connectivity index (χ4n) is 5.66. The van der Waals surface area contributed by atoms with Crippen molar-refractivity contribution in [3.05, 3.63) is 24.3 Å². The molecule has 1 aliphatic carbocycles. The second kappa shape index (κ2) is 11.8. The second-order valence-electron chi connectivity index (χ2n) is 12.2. The molecule has 0 aromatic heterocycles. The number of rotatable bonds is 9. The first kappa shape index (κ1) is 28.9. The van der Waals surface area contributed by atoms with Crippen molar-refractivity contribution in [3.8, 4) is 0 Å². The molecule has 1 saturated carbocycles. The number of hydrogen-bond acceptors (Lipinski definition) is 6. The van der Waals surface area contributed by atoms with Crippen molar-refractivity contribution < 1.29 is 18.3 Å². The van der Waals surface area contributed by atoms with Gasteiger partial charge in [-0.3, -0.25) is 9.69 Å². The molecule has 0 radical (unpaired) electrons. The highest BCUT2D eigenvalue weighted by molar-refractivity contribution is 7.89. The lowest BCUT2D eigenvalue weighted by molar-refractivity contribution is -0.132. The fourth-order valence-corrected chi connectivity index (χ4v) is 7.30. The number of carbonyl (C=O) groups is 1. The van der Waals surface area contributed by atoms with Crippen LogP contribution in [0.2, 0.25) is 0 Å². The summed E-state index contributed by atoms with van der Waals surface area (Å²) in [6.07, 6.45) is 4.59. The molecule has 9 heteroatoms. The molecule has 4 atom stereocenters. The van der Waals surface area contributed by atoms with E-state index >= 15 is 0 Å². The van der Waals surface area contributed by atoms with Crippen molar-refractivity contribution in [3.63, 3.8) is 0 Å². The van der Waals surface area contributed by atoms with Gasteiger partial charge in [-0.1, -0.05) is 33.1 Å². The Hall–Kier alpha value is -1.68. The number of likely N-dealkylation sites (tertiary alicyclic amines) is 1. The van der Waals surface area contributed by atoms with Crippen molar-refractivity contribution in [2.75, 3.05) is 31.9 Å². The van der Waals surface area contributed by atoms with Gasteiger partial charge in [-0.15, -0.1) is 0 Å². The molecule has 1 aromatic rings. The van der Waals surface area contributed by atoms with Gasteiger partial charge in [0, 0.05) is 37.4 Å².